The molecular formula is C12H20N4O3. The predicted octanol–water partition coefficient (Wildman–Crippen LogP) is 2.62. The van der Waals surface area contributed by atoms with Crippen molar-refractivity contribution in [2.45, 2.75) is 39.0 Å². The Labute approximate surface area is 112 Å². The maximum absolute atomic E-state index is 10.8. The van der Waals surface area contributed by atoms with Gasteiger partial charge in [0.2, 0.25) is 0 Å². The van der Waals surface area contributed by atoms with Crippen LogP contribution in [0.4, 0.5) is 11.5 Å². The van der Waals surface area contributed by atoms with E-state index in [-0.39, 0.29) is 11.6 Å². The summed E-state index contributed by atoms with van der Waals surface area (Å²) in [5.74, 6) is 5.57. The quantitative estimate of drug-likeness (QED) is 0.309. The Kier molecular flexibility index (Phi) is 6.59. The van der Waals surface area contributed by atoms with Crippen molar-refractivity contribution in [2.24, 2.45) is 5.84 Å². The Bertz CT molecular complexity index is 412. The Morgan fingerprint density at radius 1 is 1.37 bits per heavy atom. The Balaban J connectivity index is 2.52. The second-order valence-corrected chi connectivity index (χ2v) is 4.18. The van der Waals surface area contributed by atoms with Gasteiger partial charge in [0.1, 0.15) is 5.82 Å². The topological polar surface area (TPSA) is 103 Å². The van der Waals surface area contributed by atoms with E-state index < -0.39 is 4.92 Å². The summed E-state index contributed by atoms with van der Waals surface area (Å²) in [6.07, 6.45) is 5.44. The van der Waals surface area contributed by atoms with E-state index in [9.17, 15) is 10.1 Å². The molecule has 0 atom stereocenters. The molecule has 0 bridgehead atoms. The summed E-state index contributed by atoms with van der Waals surface area (Å²) in [4.78, 5) is 14.3. The molecule has 0 amide bonds. The molecule has 0 aromatic carbocycles. The minimum Gasteiger partial charge on any atom is -0.473 e. The van der Waals surface area contributed by atoms with Crippen LogP contribution in [0.3, 0.4) is 0 Å². The van der Waals surface area contributed by atoms with Crippen molar-refractivity contribution in [1.82, 2.24) is 4.98 Å². The first-order valence-electron chi connectivity index (χ1n) is 6.44. The highest BCUT2D eigenvalue weighted by Crippen LogP contribution is 2.26. The van der Waals surface area contributed by atoms with E-state index in [0.29, 0.717) is 12.4 Å². The average molecular weight is 268 g/mol. The first kappa shape index (κ1) is 15.2. The average Bonchev–Trinajstić information content (AvgIpc) is 2.42. The second kappa shape index (κ2) is 8.25. The van der Waals surface area contributed by atoms with Crippen molar-refractivity contribution in [2.75, 3.05) is 12.0 Å². The summed E-state index contributed by atoms with van der Waals surface area (Å²) >= 11 is 0. The number of hydrazine groups is 1. The predicted molar refractivity (Wildman–Crippen MR) is 73.0 cm³/mol. The molecule has 0 saturated heterocycles. The van der Waals surface area contributed by atoms with E-state index in [4.69, 9.17) is 10.6 Å². The SMILES string of the molecule is CCCCCCCOc1nc(NN)ccc1[N+](=O)[O-]. The number of unbranched alkanes of at least 4 members (excludes halogenated alkanes) is 4. The van der Waals surface area contributed by atoms with Crippen LogP contribution in [0.15, 0.2) is 12.1 Å². The first-order chi connectivity index (χ1) is 9.19. The zero-order valence-corrected chi connectivity index (χ0v) is 11.1. The lowest BCUT2D eigenvalue weighted by Gasteiger charge is -2.07. The molecule has 3 N–H and O–H groups in total. The lowest BCUT2D eigenvalue weighted by Crippen LogP contribution is -2.10. The van der Waals surface area contributed by atoms with Crippen LogP contribution >= 0.6 is 0 Å². The van der Waals surface area contributed by atoms with Crippen molar-refractivity contribution in [3.05, 3.63) is 22.2 Å². The number of hydrogen-bond acceptors (Lipinski definition) is 6. The van der Waals surface area contributed by atoms with Crippen LogP contribution in [0.5, 0.6) is 5.88 Å². The number of pyridine rings is 1. The molecule has 7 heteroatoms. The molecule has 0 fully saturated rings. The Morgan fingerprint density at radius 2 is 2.11 bits per heavy atom. The van der Waals surface area contributed by atoms with Gasteiger partial charge in [0.15, 0.2) is 0 Å². The largest absolute Gasteiger partial charge is 0.473 e. The van der Waals surface area contributed by atoms with Crippen molar-refractivity contribution in [1.29, 1.82) is 0 Å². The zero-order chi connectivity index (χ0) is 14.1. The number of nitrogens with one attached hydrogen (secondary N) is 1. The summed E-state index contributed by atoms with van der Waals surface area (Å²) < 4.78 is 5.37. The molecule has 0 aliphatic carbocycles. The van der Waals surface area contributed by atoms with Crippen molar-refractivity contribution < 1.29 is 9.66 Å². The number of anilines is 1. The van der Waals surface area contributed by atoms with Crippen molar-refractivity contribution in [3.8, 4) is 5.88 Å². The molecule has 0 aliphatic heterocycles. The van der Waals surface area contributed by atoms with Gasteiger partial charge in [-0.15, -0.1) is 0 Å². The lowest BCUT2D eigenvalue weighted by molar-refractivity contribution is -0.386. The molecule has 0 saturated carbocycles. The maximum atomic E-state index is 10.8. The first-order valence-corrected chi connectivity index (χ1v) is 6.44. The lowest BCUT2D eigenvalue weighted by atomic mass is 10.2. The highest BCUT2D eigenvalue weighted by molar-refractivity contribution is 5.48. The fourth-order valence-electron chi connectivity index (χ4n) is 1.63. The van der Waals surface area contributed by atoms with E-state index in [1.165, 1.54) is 25.0 Å². The fraction of sp³-hybridized carbons (Fsp3) is 0.583. The molecule has 1 heterocycles. The fourth-order valence-corrected chi connectivity index (χ4v) is 1.63. The van der Waals surface area contributed by atoms with Crippen LogP contribution in [-0.2, 0) is 0 Å². The van der Waals surface area contributed by atoms with Gasteiger partial charge in [-0.3, -0.25) is 10.1 Å². The van der Waals surface area contributed by atoms with Gasteiger partial charge in [0.25, 0.3) is 5.88 Å². The normalized spacial score (nSPS) is 10.2. The van der Waals surface area contributed by atoms with Crippen molar-refractivity contribution >= 4 is 11.5 Å². The summed E-state index contributed by atoms with van der Waals surface area (Å²) in [7, 11) is 0. The Hall–Kier alpha value is -1.89. The van der Waals surface area contributed by atoms with E-state index in [2.05, 4.69) is 17.3 Å². The minimum atomic E-state index is -0.514. The van der Waals surface area contributed by atoms with Crippen LogP contribution in [0, 0.1) is 10.1 Å². The van der Waals surface area contributed by atoms with Crippen LogP contribution < -0.4 is 16.0 Å². The van der Waals surface area contributed by atoms with E-state index >= 15 is 0 Å². The smallest absolute Gasteiger partial charge is 0.331 e. The zero-order valence-electron chi connectivity index (χ0n) is 11.1. The molecule has 0 unspecified atom stereocenters. The number of nitro groups is 1. The number of ether oxygens (including phenoxy) is 1. The monoisotopic (exact) mass is 268 g/mol. The van der Waals surface area contributed by atoms with Gasteiger partial charge >= 0.3 is 5.69 Å². The third-order valence-electron chi connectivity index (χ3n) is 2.67. The van der Waals surface area contributed by atoms with Gasteiger partial charge in [-0.2, -0.15) is 4.98 Å². The van der Waals surface area contributed by atoms with Crippen LogP contribution in [-0.4, -0.2) is 16.5 Å². The number of nitrogens with two attached hydrogens (primary N) is 1. The van der Waals surface area contributed by atoms with Gasteiger partial charge < -0.3 is 10.2 Å². The third kappa shape index (κ3) is 5.09. The molecule has 106 valence electrons. The van der Waals surface area contributed by atoms with Gasteiger partial charge in [0, 0.05) is 6.07 Å². The number of nitrogens with zero attached hydrogens (tertiary/aromatic N) is 2. The summed E-state index contributed by atoms with van der Waals surface area (Å²) in [5.41, 5.74) is 2.19. The molecule has 0 aliphatic rings. The highest BCUT2D eigenvalue weighted by Gasteiger charge is 2.17. The molecule has 1 aromatic rings. The van der Waals surface area contributed by atoms with Crippen LogP contribution in [0.1, 0.15) is 39.0 Å². The van der Waals surface area contributed by atoms with Gasteiger partial charge in [-0.1, -0.05) is 32.6 Å². The highest BCUT2D eigenvalue weighted by atomic mass is 16.6. The van der Waals surface area contributed by atoms with Gasteiger partial charge in [0.05, 0.1) is 11.5 Å². The van der Waals surface area contributed by atoms with E-state index in [0.717, 1.165) is 19.3 Å². The minimum absolute atomic E-state index is 0.0101. The third-order valence-corrected chi connectivity index (χ3v) is 2.67. The van der Waals surface area contributed by atoms with Crippen molar-refractivity contribution in [3.63, 3.8) is 0 Å². The number of rotatable bonds is 9. The molecular weight excluding hydrogens is 248 g/mol. The Morgan fingerprint density at radius 3 is 2.74 bits per heavy atom. The molecule has 1 aromatic heterocycles. The van der Waals surface area contributed by atoms with Crippen LogP contribution in [0.25, 0.3) is 0 Å². The molecule has 19 heavy (non-hydrogen) atoms. The maximum Gasteiger partial charge on any atom is 0.331 e. The summed E-state index contributed by atoms with van der Waals surface area (Å²) in [5, 5.41) is 10.8. The molecule has 7 nitrogen and oxygen atoms in total. The molecule has 1 rings (SSSR count). The standard InChI is InChI=1S/C12H20N4O3/c1-2-3-4-5-6-9-19-12-10(16(17)18)7-8-11(14-12)15-13/h7-8H,2-6,9,13H2,1H3,(H,14,15). The summed E-state index contributed by atoms with van der Waals surface area (Å²) in [6, 6.07) is 2.76. The molecule has 0 radical (unpaired) electrons. The summed E-state index contributed by atoms with van der Waals surface area (Å²) in [6.45, 7) is 2.57. The van der Waals surface area contributed by atoms with Crippen LogP contribution in [0.2, 0.25) is 0 Å². The molecule has 0 spiro atoms. The van der Waals surface area contributed by atoms with E-state index in [1.807, 2.05) is 0 Å². The second-order valence-electron chi connectivity index (χ2n) is 4.18. The number of nitrogen functional groups attached to an aromatic ring is 1. The number of aromatic nitrogens is 1. The van der Waals surface area contributed by atoms with Gasteiger partial charge in [-0.05, 0) is 12.5 Å². The van der Waals surface area contributed by atoms with Gasteiger partial charge in [-0.25, -0.2) is 5.84 Å². The number of hydrogen-bond donors (Lipinski definition) is 2. The van der Waals surface area contributed by atoms with E-state index in [1.54, 1.807) is 0 Å².